The normalized spacial score (nSPS) is 14.7. The fourth-order valence-electron chi connectivity index (χ4n) is 1.07. The molecule has 1 nitrogen and oxygen atoms in total. The third-order valence-corrected chi connectivity index (χ3v) is 2.18. The summed E-state index contributed by atoms with van der Waals surface area (Å²) in [6, 6.07) is 0. The number of nitrogens with zero attached hydrogens (tertiary/aromatic N) is 1. The van der Waals surface area contributed by atoms with Crippen molar-refractivity contribution in [3.8, 4) is 0 Å². The molecule has 0 rings (SSSR count). The van der Waals surface area contributed by atoms with Crippen molar-refractivity contribution in [2.24, 2.45) is 10.9 Å². The highest BCUT2D eigenvalue weighted by atomic mass is 14.7. The summed E-state index contributed by atoms with van der Waals surface area (Å²) in [5.41, 5.74) is 2.04. The largest absolute Gasteiger partial charge is 0.259 e. The van der Waals surface area contributed by atoms with E-state index in [9.17, 15) is 0 Å². The van der Waals surface area contributed by atoms with Gasteiger partial charge >= 0.3 is 0 Å². The van der Waals surface area contributed by atoms with Crippen LogP contribution in [0.25, 0.3) is 0 Å². The molecule has 0 bridgehead atoms. The molecule has 80 valence electrons. The van der Waals surface area contributed by atoms with Crippen molar-refractivity contribution in [2.75, 3.05) is 0 Å². The molecule has 0 heterocycles. The molecule has 0 aromatic heterocycles. The SMILES string of the molecule is C=C(CCC)N=C(C)/C=C\C(C)CC. The summed E-state index contributed by atoms with van der Waals surface area (Å²) >= 11 is 0. The van der Waals surface area contributed by atoms with E-state index in [1.165, 1.54) is 6.42 Å². The highest BCUT2D eigenvalue weighted by Gasteiger charge is 1.92. The maximum Gasteiger partial charge on any atom is 0.0372 e. The van der Waals surface area contributed by atoms with Crippen LogP contribution in [0.1, 0.15) is 47.0 Å². The van der Waals surface area contributed by atoms with Crippen LogP contribution in [0.4, 0.5) is 0 Å². The van der Waals surface area contributed by atoms with Gasteiger partial charge in [-0.2, -0.15) is 0 Å². The average Bonchev–Trinajstić information content (AvgIpc) is 2.14. The third-order valence-electron chi connectivity index (χ3n) is 2.18. The Balaban J connectivity index is 4.12. The van der Waals surface area contributed by atoms with Crippen LogP contribution in [-0.2, 0) is 0 Å². The van der Waals surface area contributed by atoms with Gasteiger partial charge in [-0.05, 0) is 25.3 Å². The van der Waals surface area contributed by atoms with Gasteiger partial charge in [0.1, 0.15) is 0 Å². The Hall–Kier alpha value is -0.850. The Morgan fingerprint density at radius 3 is 2.57 bits per heavy atom. The standard InChI is InChI=1S/C13H23N/c1-6-8-12(4)14-13(5)10-9-11(3)7-2/h9-11H,4,6-8H2,1-3,5H3/b10-9-,14-13?. The molecule has 0 saturated heterocycles. The molecule has 0 radical (unpaired) electrons. The lowest BCUT2D eigenvalue weighted by Crippen LogP contribution is -1.90. The number of hydrogen-bond acceptors (Lipinski definition) is 1. The molecular formula is C13H23N. The van der Waals surface area contributed by atoms with Gasteiger partial charge in [0.05, 0.1) is 0 Å². The summed E-state index contributed by atoms with van der Waals surface area (Å²) in [4.78, 5) is 4.41. The smallest absolute Gasteiger partial charge is 0.0372 e. The summed E-state index contributed by atoms with van der Waals surface area (Å²) in [7, 11) is 0. The minimum absolute atomic E-state index is 0.639. The number of aliphatic imine (C=N–C) groups is 1. The van der Waals surface area contributed by atoms with Gasteiger partial charge in [0.25, 0.3) is 0 Å². The van der Waals surface area contributed by atoms with Gasteiger partial charge in [-0.15, -0.1) is 0 Å². The lowest BCUT2D eigenvalue weighted by atomic mass is 10.1. The summed E-state index contributed by atoms with van der Waals surface area (Å²) < 4.78 is 0. The molecule has 0 spiro atoms. The molecule has 14 heavy (non-hydrogen) atoms. The Kier molecular flexibility index (Phi) is 7.09. The molecule has 1 heteroatoms. The average molecular weight is 193 g/mol. The molecule has 0 aromatic carbocycles. The highest BCUT2D eigenvalue weighted by Crippen LogP contribution is 2.05. The number of hydrogen-bond donors (Lipinski definition) is 0. The van der Waals surface area contributed by atoms with E-state index in [4.69, 9.17) is 0 Å². The molecule has 0 aliphatic rings. The number of rotatable bonds is 6. The van der Waals surface area contributed by atoms with Crippen LogP contribution in [0.3, 0.4) is 0 Å². The molecule has 0 N–H and O–H groups in total. The van der Waals surface area contributed by atoms with E-state index >= 15 is 0 Å². The van der Waals surface area contributed by atoms with Gasteiger partial charge in [-0.3, -0.25) is 4.99 Å². The van der Waals surface area contributed by atoms with E-state index in [2.05, 4.69) is 44.5 Å². The second kappa shape index (κ2) is 7.54. The van der Waals surface area contributed by atoms with Crippen LogP contribution in [-0.4, -0.2) is 5.71 Å². The van der Waals surface area contributed by atoms with E-state index < -0.39 is 0 Å². The monoisotopic (exact) mass is 193 g/mol. The van der Waals surface area contributed by atoms with Gasteiger partial charge < -0.3 is 0 Å². The first-order valence-corrected chi connectivity index (χ1v) is 5.51. The van der Waals surface area contributed by atoms with Gasteiger partial charge in [-0.1, -0.05) is 46.3 Å². The van der Waals surface area contributed by atoms with Gasteiger partial charge in [-0.25, -0.2) is 0 Å². The van der Waals surface area contributed by atoms with Crippen molar-refractivity contribution in [3.05, 3.63) is 24.4 Å². The van der Waals surface area contributed by atoms with Gasteiger partial charge in [0.2, 0.25) is 0 Å². The number of allylic oxidation sites excluding steroid dienone is 3. The summed E-state index contributed by atoms with van der Waals surface area (Å²) in [5.74, 6) is 0.639. The first-order chi connectivity index (χ1) is 6.60. The highest BCUT2D eigenvalue weighted by molar-refractivity contribution is 5.93. The molecule has 0 amide bonds. The Bertz CT molecular complexity index is 223. The Morgan fingerprint density at radius 1 is 1.43 bits per heavy atom. The molecule has 1 atom stereocenters. The van der Waals surface area contributed by atoms with E-state index in [1.54, 1.807) is 0 Å². The van der Waals surface area contributed by atoms with Crippen molar-refractivity contribution < 1.29 is 0 Å². The van der Waals surface area contributed by atoms with Crippen LogP contribution in [0.2, 0.25) is 0 Å². The van der Waals surface area contributed by atoms with E-state index in [0.717, 1.165) is 24.3 Å². The first-order valence-electron chi connectivity index (χ1n) is 5.51. The van der Waals surface area contributed by atoms with Crippen molar-refractivity contribution in [2.45, 2.75) is 47.0 Å². The molecule has 0 fully saturated rings. The molecule has 0 aliphatic heterocycles. The zero-order valence-corrected chi connectivity index (χ0v) is 10.0. The summed E-state index contributed by atoms with van der Waals surface area (Å²) in [5, 5.41) is 0. The summed E-state index contributed by atoms with van der Waals surface area (Å²) in [6.07, 6.45) is 7.59. The second-order valence-electron chi connectivity index (χ2n) is 3.81. The molecule has 0 aliphatic carbocycles. The fraction of sp³-hybridized carbons (Fsp3) is 0.615. The van der Waals surface area contributed by atoms with Crippen LogP contribution in [0.15, 0.2) is 29.4 Å². The molecule has 1 unspecified atom stereocenters. The quantitative estimate of drug-likeness (QED) is 0.556. The van der Waals surface area contributed by atoms with Crippen molar-refractivity contribution in [3.63, 3.8) is 0 Å². The van der Waals surface area contributed by atoms with Crippen molar-refractivity contribution >= 4 is 5.71 Å². The van der Waals surface area contributed by atoms with E-state index in [0.29, 0.717) is 5.92 Å². The van der Waals surface area contributed by atoms with Crippen molar-refractivity contribution in [1.82, 2.24) is 0 Å². The lowest BCUT2D eigenvalue weighted by molar-refractivity contribution is 0.699. The predicted octanol–water partition coefficient (Wildman–Crippen LogP) is 4.36. The van der Waals surface area contributed by atoms with E-state index in [1.807, 2.05) is 6.92 Å². The second-order valence-corrected chi connectivity index (χ2v) is 3.81. The minimum atomic E-state index is 0.639. The van der Waals surface area contributed by atoms with E-state index in [-0.39, 0.29) is 0 Å². The minimum Gasteiger partial charge on any atom is -0.259 e. The van der Waals surface area contributed by atoms with Gasteiger partial charge in [0, 0.05) is 11.4 Å². The van der Waals surface area contributed by atoms with Gasteiger partial charge in [0.15, 0.2) is 0 Å². The molecular weight excluding hydrogens is 170 g/mol. The third kappa shape index (κ3) is 6.64. The Labute approximate surface area is 88.6 Å². The fourth-order valence-corrected chi connectivity index (χ4v) is 1.07. The maximum atomic E-state index is 4.41. The zero-order chi connectivity index (χ0) is 11.0. The Morgan fingerprint density at radius 2 is 2.07 bits per heavy atom. The van der Waals surface area contributed by atoms with Crippen LogP contribution >= 0.6 is 0 Å². The predicted molar refractivity (Wildman–Crippen MR) is 65.8 cm³/mol. The van der Waals surface area contributed by atoms with Crippen molar-refractivity contribution in [1.29, 1.82) is 0 Å². The van der Waals surface area contributed by atoms with Crippen LogP contribution in [0, 0.1) is 5.92 Å². The summed E-state index contributed by atoms with van der Waals surface area (Å²) in [6.45, 7) is 12.5. The maximum absolute atomic E-state index is 4.41. The topological polar surface area (TPSA) is 12.4 Å². The lowest BCUT2D eigenvalue weighted by Gasteiger charge is -2.00. The van der Waals surface area contributed by atoms with Crippen LogP contribution in [0.5, 0.6) is 0 Å². The zero-order valence-electron chi connectivity index (χ0n) is 10.0. The molecule has 0 saturated carbocycles. The first kappa shape index (κ1) is 13.2. The van der Waals surface area contributed by atoms with Crippen LogP contribution < -0.4 is 0 Å². The molecule has 0 aromatic rings.